The molecule has 0 saturated carbocycles. The van der Waals surface area contributed by atoms with Crippen molar-refractivity contribution in [1.29, 1.82) is 0 Å². The highest BCUT2D eigenvalue weighted by atomic mass is 16.4. The van der Waals surface area contributed by atoms with Crippen LogP contribution in [-0.4, -0.2) is 35.5 Å². The van der Waals surface area contributed by atoms with E-state index >= 15 is 0 Å². The van der Waals surface area contributed by atoms with Gasteiger partial charge in [0.15, 0.2) is 0 Å². The number of amides is 2. The number of carboxylic acids is 1. The first-order chi connectivity index (χ1) is 12.5. The van der Waals surface area contributed by atoms with E-state index in [0.29, 0.717) is 13.0 Å². The SMILES string of the molecule is CC(CCC(=O)O)NC(=O)C1CC(=O)N(c2cccc3ccccc23)C1. The summed E-state index contributed by atoms with van der Waals surface area (Å²) in [5.41, 5.74) is 0.822. The Kier molecular flexibility index (Phi) is 5.21. The summed E-state index contributed by atoms with van der Waals surface area (Å²) < 4.78 is 0. The number of nitrogens with one attached hydrogen (secondary N) is 1. The van der Waals surface area contributed by atoms with Crippen molar-refractivity contribution in [2.75, 3.05) is 11.4 Å². The zero-order chi connectivity index (χ0) is 18.7. The molecule has 0 aliphatic carbocycles. The van der Waals surface area contributed by atoms with Crippen molar-refractivity contribution in [2.24, 2.45) is 5.92 Å². The van der Waals surface area contributed by atoms with E-state index in [1.54, 1.807) is 11.8 Å². The number of nitrogens with zero attached hydrogens (tertiary/aromatic N) is 1. The average molecular weight is 354 g/mol. The Labute approximate surface area is 151 Å². The molecule has 1 heterocycles. The fourth-order valence-electron chi connectivity index (χ4n) is 3.33. The van der Waals surface area contributed by atoms with Crippen LogP contribution in [0.1, 0.15) is 26.2 Å². The minimum Gasteiger partial charge on any atom is -0.481 e. The highest BCUT2D eigenvalue weighted by molar-refractivity contribution is 6.07. The highest BCUT2D eigenvalue weighted by Crippen LogP contribution is 2.31. The van der Waals surface area contributed by atoms with Crippen molar-refractivity contribution in [3.63, 3.8) is 0 Å². The number of hydrogen-bond acceptors (Lipinski definition) is 3. The molecule has 3 rings (SSSR count). The molecule has 2 atom stereocenters. The van der Waals surface area contributed by atoms with Gasteiger partial charge in [-0.15, -0.1) is 0 Å². The molecular weight excluding hydrogens is 332 g/mol. The van der Waals surface area contributed by atoms with Gasteiger partial charge in [0.05, 0.1) is 11.6 Å². The number of carbonyl (C=O) groups excluding carboxylic acids is 2. The molecule has 2 N–H and O–H groups in total. The van der Waals surface area contributed by atoms with Crippen LogP contribution in [0.4, 0.5) is 5.69 Å². The molecular formula is C20H22N2O4. The van der Waals surface area contributed by atoms with Gasteiger partial charge < -0.3 is 15.3 Å². The molecule has 1 aliphatic heterocycles. The lowest BCUT2D eigenvalue weighted by Gasteiger charge is -2.20. The van der Waals surface area contributed by atoms with Crippen LogP contribution in [0.2, 0.25) is 0 Å². The number of fused-ring (bicyclic) bond motifs is 1. The molecule has 136 valence electrons. The molecule has 1 fully saturated rings. The Morgan fingerprint density at radius 3 is 2.73 bits per heavy atom. The van der Waals surface area contributed by atoms with Crippen LogP contribution in [0.5, 0.6) is 0 Å². The smallest absolute Gasteiger partial charge is 0.303 e. The monoisotopic (exact) mass is 354 g/mol. The van der Waals surface area contributed by atoms with Crippen LogP contribution in [0.3, 0.4) is 0 Å². The zero-order valence-corrected chi connectivity index (χ0v) is 14.6. The number of anilines is 1. The summed E-state index contributed by atoms with van der Waals surface area (Å²) in [5, 5.41) is 13.6. The van der Waals surface area contributed by atoms with Gasteiger partial charge in [-0.3, -0.25) is 14.4 Å². The first kappa shape index (κ1) is 17.9. The van der Waals surface area contributed by atoms with Crippen LogP contribution in [0, 0.1) is 5.92 Å². The lowest BCUT2D eigenvalue weighted by molar-refractivity contribution is -0.137. The molecule has 1 aliphatic rings. The van der Waals surface area contributed by atoms with E-state index in [0.717, 1.165) is 16.5 Å². The Morgan fingerprint density at radius 1 is 1.23 bits per heavy atom. The van der Waals surface area contributed by atoms with Crippen LogP contribution in [0.25, 0.3) is 10.8 Å². The van der Waals surface area contributed by atoms with E-state index in [1.165, 1.54) is 0 Å². The van der Waals surface area contributed by atoms with Crippen molar-refractivity contribution in [1.82, 2.24) is 5.32 Å². The summed E-state index contributed by atoms with van der Waals surface area (Å²) >= 11 is 0. The number of aliphatic carboxylic acids is 1. The molecule has 0 spiro atoms. The summed E-state index contributed by atoms with van der Waals surface area (Å²) in [7, 11) is 0. The largest absolute Gasteiger partial charge is 0.481 e. The van der Waals surface area contributed by atoms with Crippen molar-refractivity contribution < 1.29 is 19.5 Å². The van der Waals surface area contributed by atoms with Crippen LogP contribution in [-0.2, 0) is 14.4 Å². The maximum Gasteiger partial charge on any atom is 0.303 e. The van der Waals surface area contributed by atoms with Gasteiger partial charge >= 0.3 is 5.97 Å². The topological polar surface area (TPSA) is 86.7 Å². The predicted octanol–water partition coefficient (Wildman–Crippen LogP) is 2.56. The van der Waals surface area contributed by atoms with Crippen LogP contribution < -0.4 is 10.2 Å². The second kappa shape index (κ2) is 7.56. The maximum absolute atomic E-state index is 12.5. The molecule has 6 heteroatoms. The number of rotatable bonds is 6. The molecule has 2 amide bonds. The Hall–Kier alpha value is -2.89. The maximum atomic E-state index is 12.5. The standard InChI is InChI=1S/C20H22N2O4/c1-13(9-10-19(24)25)21-20(26)15-11-18(23)22(12-15)17-8-4-6-14-5-2-3-7-16(14)17/h2-8,13,15H,9-12H2,1H3,(H,21,26)(H,24,25). The summed E-state index contributed by atoms with van der Waals surface area (Å²) in [6, 6.07) is 13.4. The van der Waals surface area contributed by atoms with Gasteiger partial charge in [0.25, 0.3) is 0 Å². The number of benzene rings is 2. The van der Waals surface area contributed by atoms with Crippen molar-refractivity contribution >= 4 is 34.2 Å². The zero-order valence-electron chi connectivity index (χ0n) is 14.6. The second-order valence-corrected chi connectivity index (χ2v) is 6.75. The van der Waals surface area contributed by atoms with Crippen molar-refractivity contribution in [3.05, 3.63) is 42.5 Å². The molecule has 6 nitrogen and oxygen atoms in total. The molecule has 2 unspecified atom stereocenters. The van der Waals surface area contributed by atoms with E-state index in [-0.39, 0.29) is 30.7 Å². The van der Waals surface area contributed by atoms with Crippen molar-refractivity contribution in [3.8, 4) is 0 Å². The van der Waals surface area contributed by atoms with Gasteiger partial charge in [-0.05, 0) is 24.8 Å². The first-order valence-electron chi connectivity index (χ1n) is 8.76. The number of carbonyl (C=O) groups is 3. The van der Waals surface area contributed by atoms with E-state index in [2.05, 4.69) is 5.32 Å². The van der Waals surface area contributed by atoms with Gasteiger partial charge in [-0.1, -0.05) is 36.4 Å². The number of carboxylic acid groups (broad SMARTS) is 1. The third kappa shape index (κ3) is 3.85. The third-order valence-corrected chi connectivity index (χ3v) is 4.73. The minimum absolute atomic E-state index is 0.00712. The molecule has 1 saturated heterocycles. The van der Waals surface area contributed by atoms with Gasteiger partial charge in [-0.25, -0.2) is 0 Å². The fourth-order valence-corrected chi connectivity index (χ4v) is 3.33. The first-order valence-corrected chi connectivity index (χ1v) is 8.76. The predicted molar refractivity (Wildman–Crippen MR) is 98.9 cm³/mol. The normalized spacial score (nSPS) is 18.1. The summed E-state index contributed by atoms with van der Waals surface area (Å²) in [4.78, 5) is 37.3. The van der Waals surface area contributed by atoms with Crippen molar-refractivity contribution in [2.45, 2.75) is 32.2 Å². The third-order valence-electron chi connectivity index (χ3n) is 4.73. The summed E-state index contributed by atoms with van der Waals surface area (Å²) in [6.07, 6.45) is 0.544. The quantitative estimate of drug-likeness (QED) is 0.835. The van der Waals surface area contributed by atoms with E-state index in [1.807, 2.05) is 42.5 Å². The molecule has 0 aromatic heterocycles. The average Bonchev–Trinajstić information content (AvgIpc) is 3.01. The molecule has 2 aromatic rings. The fraction of sp³-hybridized carbons (Fsp3) is 0.350. The highest BCUT2D eigenvalue weighted by Gasteiger charge is 2.36. The second-order valence-electron chi connectivity index (χ2n) is 6.75. The summed E-state index contributed by atoms with van der Waals surface area (Å²) in [6.45, 7) is 2.12. The Balaban J connectivity index is 1.70. The molecule has 0 bridgehead atoms. The Bertz CT molecular complexity index is 843. The molecule has 0 radical (unpaired) electrons. The molecule has 26 heavy (non-hydrogen) atoms. The van der Waals surface area contributed by atoms with Gasteiger partial charge in [0, 0.05) is 30.8 Å². The van der Waals surface area contributed by atoms with E-state index < -0.39 is 11.9 Å². The molecule has 2 aromatic carbocycles. The summed E-state index contributed by atoms with van der Waals surface area (Å²) in [5.74, 6) is -1.57. The van der Waals surface area contributed by atoms with Gasteiger partial charge in [0.1, 0.15) is 0 Å². The lowest BCUT2D eigenvalue weighted by Crippen LogP contribution is -2.38. The van der Waals surface area contributed by atoms with E-state index in [9.17, 15) is 14.4 Å². The van der Waals surface area contributed by atoms with Crippen LogP contribution >= 0.6 is 0 Å². The Morgan fingerprint density at radius 2 is 1.96 bits per heavy atom. The van der Waals surface area contributed by atoms with Crippen LogP contribution in [0.15, 0.2) is 42.5 Å². The lowest BCUT2D eigenvalue weighted by atomic mass is 10.1. The number of hydrogen-bond donors (Lipinski definition) is 2. The minimum atomic E-state index is -0.885. The van der Waals surface area contributed by atoms with E-state index in [4.69, 9.17) is 5.11 Å². The van der Waals surface area contributed by atoms with Gasteiger partial charge in [-0.2, -0.15) is 0 Å². The van der Waals surface area contributed by atoms with Gasteiger partial charge in [0.2, 0.25) is 11.8 Å².